The molecule has 1 rings (SSSR count). The summed E-state index contributed by atoms with van der Waals surface area (Å²) in [6.07, 6.45) is 1.84. The average Bonchev–Trinajstić information content (AvgIpc) is 2.51. The molecule has 0 saturated carbocycles. The normalized spacial score (nSPS) is 9.95. The third-order valence-electron chi connectivity index (χ3n) is 2.30. The van der Waals surface area contributed by atoms with Crippen molar-refractivity contribution in [2.45, 2.75) is 6.54 Å². The summed E-state index contributed by atoms with van der Waals surface area (Å²) in [5, 5.41) is 4.94. The van der Waals surface area contributed by atoms with Crippen molar-refractivity contribution in [3.63, 3.8) is 0 Å². The van der Waals surface area contributed by atoms with Gasteiger partial charge in [0.05, 0.1) is 7.11 Å². The molecule has 0 aliphatic rings. The predicted molar refractivity (Wildman–Crippen MR) is 73.9 cm³/mol. The summed E-state index contributed by atoms with van der Waals surface area (Å²) in [5.41, 5.74) is 0.950. The highest BCUT2D eigenvalue weighted by atomic mass is 16.5. The zero-order valence-electron chi connectivity index (χ0n) is 11.5. The Bertz CT molecular complexity index is 513. The Morgan fingerprint density at radius 2 is 1.71 bits per heavy atom. The van der Waals surface area contributed by atoms with Crippen molar-refractivity contribution in [1.29, 1.82) is 0 Å². The molecule has 0 fully saturated rings. The van der Waals surface area contributed by atoms with Crippen LogP contribution in [0.2, 0.25) is 0 Å². The maximum absolute atomic E-state index is 11.4. The number of hydrogen-bond donors (Lipinski definition) is 2. The highest BCUT2D eigenvalue weighted by Gasteiger charge is 2.02. The molecular weight excluding hydrogens is 276 g/mol. The maximum Gasteiger partial charge on any atom is 0.332 e. The topological polar surface area (TPSA) is 93.7 Å². The molecule has 0 aliphatic carbocycles. The Morgan fingerprint density at radius 1 is 1.05 bits per heavy atom. The van der Waals surface area contributed by atoms with E-state index in [9.17, 15) is 14.4 Å². The van der Waals surface area contributed by atoms with Gasteiger partial charge in [-0.25, -0.2) is 14.4 Å². The van der Waals surface area contributed by atoms with E-state index in [1.54, 1.807) is 0 Å². The zero-order valence-corrected chi connectivity index (χ0v) is 11.5. The second kappa shape index (κ2) is 9.13. The molecule has 0 aliphatic heterocycles. The van der Waals surface area contributed by atoms with Gasteiger partial charge in [-0.2, -0.15) is 0 Å². The third kappa shape index (κ3) is 7.36. The fourth-order valence-corrected chi connectivity index (χ4v) is 1.27. The smallest absolute Gasteiger partial charge is 0.332 e. The van der Waals surface area contributed by atoms with E-state index in [1.165, 1.54) is 7.11 Å². The summed E-state index contributed by atoms with van der Waals surface area (Å²) in [6, 6.07) is 8.89. The first-order valence-corrected chi connectivity index (χ1v) is 6.10. The fourth-order valence-electron chi connectivity index (χ4n) is 1.27. The first kappa shape index (κ1) is 16.2. The van der Waals surface area contributed by atoms with Crippen molar-refractivity contribution in [3.8, 4) is 0 Å². The zero-order chi connectivity index (χ0) is 15.5. The van der Waals surface area contributed by atoms with Crippen LogP contribution in [0, 0.1) is 0 Å². The molecule has 0 spiro atoms. The quantitative estimate of drug-likeness (QED) is 0.457. The summed E-state index contributed by atoms with van der Waals surface area (Å²) >= 11 is 0. The van der Waals surface area contributed by atoms with Gasteiger partial charge in [-0.05, 0) is 5.56 Å². The van der Waals surface area contributed by atoms with Crippen LogP contribution in [0.15, 0.2) is 42.5 Å². The fraction of sp³-hybridized carbons (Fsp3) is 0.214. The van der Waals surface area contributed by atoms with Gasteiger partial charge in [0.1, 0.15) is 0 Å². The van der Waals surface area contributed by atoms with Gasteiger partial charge in [-0.3, -0.25) is 0 Å². The van der Waals surface area contributed by atoms with Crippen molar-refractivity contribution in [1.82, 2.24) is 10.6 Å². The van der Waals surface area contributed by atoms with Crippen LogP contribution in [0.25, 0.3) is 0 Å². The number of hydrogen-bond acceptors (Lipinski definition) is 5. The number of methoxy groups -OCH3 is 1. The molecule has 2 N–H and O–H groups in total. The Balaban J connectivity index is 2.17. The standard InChI is InChI=1S/C14H16N2O5/c1-20-12(17)7-8-13(18)21-10-16-14(19)15-9-11-5-3-2-4-6-11/h2-8H,9-10H2,1H3,(H2,15,16,19)/b8-7+. The van der Waals surface area contributed by atoms with Gasteiger partial charge in [-0.1, -0.05) is 30.3 Å². The first-order valence-electron chi connectivity index (χ1n) is 6.10. The van der Waals surface area contributed by atoms with Gasteiger partial charge in [0.2, 0.25) is 0 Å². The Labute approximate surface area is 121 Å². The lowest BCUT2D eigenvalue weighted by Gasteiger charge is -2.07. The lowest BCUT2D eigenvalue weighted by atomic mass is 10.2. The van der Waals surface area contributed by atoms with E-state index < -0.39 is 18.0 Å². The minimum atomic E-state index is -0.760. The molecule has 7 nitrogen and oxygen atoms in total. The monoisotopic (exact) mass is 292 g/mol. The van der Waals surface area contributed by atoms with Gasteiger partial charge >= 0.3 is 18.0 Å². The van der Waals surface area contributed by atoms with Crippen LogP contribution in [0.1, 0.15) is 5.56 Å². The molecule has 21 heavy (non-hydrogen) atoms. The summed E-state index contributed by atoms with van der Waals surface area (Å²) < 4.78 is 8.96. The average molecular weight is 292 g/mol. The lowest BCUT2D eigenvalue weighted by molar-refractivity contribution is -0.139. The van der Waals surface area contributed by atoms with Crippen LogP contribution in [-0.4, -0.2) is 31.8 Å². The minimum absolute atomic E-state index is 0.301. The molecular formula is C14H16N2O5. The molecule has 0 bridgehead atoms. The van der Waals surface area contributed by atoms with Crippen molar-refractivity contribution in [2.24, 2.45) is 0 Å². The largest absolute Gasteiger partial charge is 0.466 e. The van der Waals surface area contributed by atoms with Gasteiger partial charge in [0.25, 0.3) is 0 Å². The van der Waals surface area contributed by atoms with Crippen LogP contribution >= 0.6 is 0 Å². The van der Waals surface area contributed by atoms with E-state index in [-0.39, 0.29) is 6.73 Å². The molecule has 7 heteroatoms. The molecule has 112 valence electrons. The molecule has 1 aromatic rings. The molecule has 0 aromatic heterocycles. The molecule has 0 radical (unpaired) electrons. The number of esters is 2. The Kier molecular flexibility index (Phi) is 7.06. The highest BCUT2D eigenvalue weighted by molar-refractivity contribution is 5.91. The second-order valence-electron chi connectivity index (χ2n) is 3.81. The second-order valence-corrected chi connectivity index (χ2v) is 3.81. The van der Waals surface area contributed by atoms with Gasteiger partial charge in [0, 0.05) is 18.7 Å². The van der Waals surface area contributed by atoms with Crippen LogP contribution < -0.4 is 10.6 Å². The Hall–Kier alpha value is -2.83. The number of ether oxygens (including phenoxy) is 2. The van der Waals surface area contributed by atoms with Crippen LogP contribution in [-0.2, 0) is 25.6 Å². The molecule has 0 saturated heterocycles. The summed E-state index contributed by atoms with van der Waals surface area (Å²) in [6.45, 7) is 0.0633. The SMILES string of the molecule is COC(=O)/C=C/C(=O)OCNC(=O)NCc1ccccc1. The lowest BCUT2D eigenvalue weighted by Crippen LogP contribution is -2.36. The number of benzene rings is 1. The summed E-state index contributed by atoms with van der Waals surface area (Å²) in [5.74, 6) is -1.43. The first-order chi connectivity index (χ1) is 10.1. The number of amides is 2. The number of carbonyl (C=O) groups is 3. The molecule has 0 atom stereocenters. The van der Waals surface area contributed by atoms with Crippen molar-refractivity contribution in [2.75, 3.05) is 13.8 Å². The molecule has 2 amide bonds. The van der Waals surface area contributed by atoms with Gasteiger partial charge in [-0.15, -0.1) is 0 Å². The van der Waals surface area contributed by atoms with Crippen LogP contribution in [0.3, 0.4) is 0 Å². The van der Waals surface area contributed by atoms with Crippen LogP contribution in [0.4, 0.5) is 4.79 Å². The highest BCUT2D eigenvalue weighted by Crippen LogP contribution is 1.96. The Morgan fingerprint density at radius 3 is 2.38 bits per heavy atom. The van der Waals surface area contributed by atoms with E-state index in [4.69, 9.17) is 0 Å². The van der Waals surface area contributed by atoms with E-state index in [0.29, 0.717) is 6.54 Å². The van der Waals surface area contributed by atoms with Crippen molar-refractivity contribution < 1.29 is 23.9 Å². The van der Waals surface area contributed by atoms with Gasteiger partial charge in [0.15, 0.2) is 6.73 Å². The third-order valence-corrected chi connectivity index (χ3v) is 2.30. The van der Waals surface area contributed by atoms with E-state index in [0.717, 1.165) is 17.7 Å². The molecule has 0 heterocycles. The number of rotatable bonds is 6. The van der Waals surface area contributed by atoms with Crippen LogP contribution in [0.5, 0.6) is 0 Å². The predicted octanol–water partition coefficient (Wildman–Crippen LogP) is 0.716. The van der Waals surface area contributed by atoms with Gasteiger partial charge < -0.3 is 20.1 Å². The number of carbonyl (C=O) groups excluding carboxylic acids is 3. The number of urea groups is 1. The van der Waals surface area contributed by atoms with E-state index in [2.05, 4.69) is 20.1 Å². The van der Waals surface area contributed by atoms with Crippen molar-refractivity contribution in [3.05, 3.63) is 48.0 Å². The minimum Gasteiger partial charge on any atom is -0.466 e. The van der Waals surface area contributed by atoms with Crippen molar-refractivity contribution >= 4 is 18.0 Å². The summed E-state index contributed by atoms with van der Waals surface area (Å²) in [4.78, 5) is 33.3. The molecule has 0 unspecified atom stereocenters. The molecule has 1 aromatic carbocycles. The van der Waals surface area contributed by atoms with E-state index in [1.807, 2.05) is 30.3 Å². The maximum atomic E-state index is 11.4. The number of nitrogens with one attached hydrogen (secondary N) is 2. The summed E-state index contributed by atoms with van der Waals surface area (Å²) in [7, 11) is 1.19. The van der Waals surface area contributed by atoms with E-state index >= 15 is 0 Å².